The molecule has 0 saturated heterocycles. The van der Waals surface area contributed by atoms with Crippen LogP contribution in [0.2, 0.25) is 0 Å². The van der Waals surface area contributed by atoms with Gasteiger partial charge in [0.1, 0.15) is 5.75 Å². The van der Waals surface area contributed by atoms with E-state index in [1.165, 1.54) is 5.56 Å². The van der Waals surface area contributed by atoms with Gasteiger partial charge in [-0.3, -0.25) is 0 Å². The SMILES string of the molecule is C#CCC(NC)c1cccc(OCCC)c1. The fourth-order valence-corrected chi connectivity index (χ4v) is 1.55. The van der Waals surface area contributed by atoms with Gasteiger partial charge in [0.05, 0.1) is 6.61 Å². The Kier molecular flexibility index (Phi) is 5.45. The molecule has 0 heterocycles. The van der Waals surface area contributed by atoms with Crippen molar-refractivity contribution in [2.75, 3.05) is 13.7 Å². The molecule has 0 aromatic heterocycles. The summed E-state index contributed by atoms with van der Waals surface area (Å²) >= 11 is 0. The van der Waals surface area contributed by atoms with Crippen LogP contribution in [0.4, 0.5) is 0 Å². The molecule has 16 heavy (non-hydrogen) atoms. The highest BCUT2D eigenvalue weighted by atomic mass is 16.5. The molecule has 1 aromatic carbocycles. The Labute approximate surface area is 98.0 Å². The standard InChI is InChI=1S/C14H19NO/c1-4-7-14(15-3)12-8-6-9-13(11-12)16-10-5-2/h1,6,8-9,11,14-15H,5,7,10H2,2-3H3. The van der Waals surface area contributed by atoms with Gasteiger partial charge in [-0.05, 0) is 31.2 Å². The zero-order valence-corrected chi connectivity index (χ0v) is 9.99. The molecule has 0 bridgehead atoms. The van der Waals surface area contributed by atoms with Crippen LogP contribution in [0.5, 0.6) is 5.75 Å². The van der Waals surface area contributed by atoms with Crippen molar-refractivity contribution in [3.05, 3.63) is 29.8 Å². The van der Waals surface area contributed by atoms with Crippen molar-refractivity contribution in [3.8, 4) is 18.1 Å². The minimum atomic E-state index is 0.204. The van der Waals surface area contributed by atoms with Crippen LogP contribution in [0.3, 0.4) is 0 Å². The van der Waals surface area contributed by atoms with E-state index >= 15 is 0 Å². The maximum atomic E-state index is 5.59. The summed E-state index contributed by atoms with van der Waals surface area (Å²) in [5.74, 6) is 3.59. The fourth-order valence-electron chi connectivity index (χ4n) is 1.55. The van der Waals surface area contributed by atoms with E-state index in [1.54, 1.807) is 0 Å². The second-order valence-corrected chi connectivity index (χ2v) is 3.67. The molecule has 1 aromatic rings. The summed E-state index contributed by atoms with van der Waals surface area (Å²) in [5, 5.41) is 3.20. The van der Waals surface area contributed by atoms with Crippen LogP contribution in [0.25, 0.3) is 0 Å². The maximum absolute atomic E-state index is 5.59. The first-order valence-corrected chi connectivity index (χ1v) is 5.65. The number of terminal acetylenes is 1. The fraction of sp³-hybridized carbons (Fsp3) is 0.429. The normalized spacial score (nSPS) is 11.8. The van der Waals surface area contributed by atoms with E-state index in [-0.39, 0.29) is 6.04 Å². The molecule has 0 aliphatic carbocycles. The van der Waals surface area contributed by atoms with E-state index in [0.717, 1.165) is 18.8 Å². The van der Waals surface area contributed by atoms with E-state index in [0.29, 0.717) is 6.42 Å². The molecule has 1 N–H and O–H groups in total. The molecule has 0 aliphatic rings. The van der Waals surface area contributed by atoms with Gasteiger partial charge in [0.15, 0.2) is 0 Å². The Morgan fingerprint density at radius 3 is 2.94 bits per heavy atom. The van der Waals surface area contributed by atoms with Crippen molar-refractivity contribution in [2.24, 2.45) is 0 Å². The molecule has 86 valence electrons. The molecular weight excluding hydrogens is 198 g/mol. The van der Waals surface area contributed by atoms with E-state index < -0.39 is 0 Å². The molecule has 1 atom stereocenters. The van der Waals surface area contributed by atoms with Crippen molar-refractivity contribution in [3.63, 3.8) is 0 Å². The second kappa shape index (κ2) is 6.92. The summed E-state index contributed by atoms with van der Waals surface area (Å²) in [7, 11) is 1.92. The van der Waals surface area contributed by atoms with Crippen LogP contribution < -0.4 is 10.1 Å². The summed E-state index contributed by atoms with van der Waals surface area (Å²) in [6.45, 7) is 2.85. The van der Waals surface area contributed by atoms with E-state index in [1.807, 2.05) is 25.2 Å². The molecule has 1 rings (SSSR count). The van der Waals surface area contributed by atoms with Crippen LogP contribution in [0, 0.1) is 12.3 Å². The number of nitrogens with one attached hydrogen (secondary N) is 1. The van der Waals surface area contributed by atoms with Gasteiger partial charge in [0, 0.05) is 12.5 Å². The van der Waals surface area contributed by atoms with Crippen molar-refractivity contribution in [2.45, 2.75) is 25.8 Å². The van der Waals surface area contributed by atoms with Crippen molar-refractivity contribution < 1.29 is 4.74 Å². The van der Waals surface area contributed by atoms with E-state index in [9.17, 15) is 0 Å². The molecular formula is C14H19NO. The van der Waals surface area contributed by atoms with Crippen LogP contribution in [-0.2, 0) is 0 Å². The Morgan fingerprint density at radius 2 is 2.31 bits per heavy atom. The van der Waals surface area contributed by atoms with Gasteiger partial charge in [0.2, 0.25) is 0 Å². The van der Waals surface area contributed by atoms with Gasteiger partial charge in [-0.15, -0.1) is 12.3 Å². The van der Waals surface area contributed by atoms with Gasteiger partial charge >= 0.3 is 0 Å². The first-order valence-electron chi connectivity index (χ1n) is 5.65. The van der Waals surface area contributed by atoms with Crippen LogP contribution in [0.15, 0.2) is 24.3 Å². The lowest BCUT2D eigenvalue weighted by Gasteiger charge is -2.15. The number of hydrogen-bond donors (Lipinski definition) is 1. The Balaban J connectivity index is 2.76. The monoisotopic (exact) mass is 217 g/mol. The van der Waals surface area contributed by atoms with Gasteiger partial charge in [-0.1, -0.05) is 19.1 Å². The zero-order chi connectivity index (χ0) is 11.8. The molecule has 2 nitrogen and oxygen atoms in total. The predicted octanol–water partition coefficient (Wildman–Crippen LogP) is 2.76. The van der Waals surface area contributed by atoms with Crippen molar-refractivity contribution in [1.82, 2.24) is 5.32 Å². The third-order valence-electron chi connectivity index (χ3n) is 2.40. The molecule has 1 unspecified atom stereocenters. The molecule has 0 saturated carbocycles. The van der Waals surface area contributed by atoms with Gasteiger partial charge in [-0.25, -0.2) is 0 Å². The molecule has 0 spiro atoms. The predicted molar refractivity (Wildman–Crippen MR) is 67.5 cm³/mol. The van der Waals surface area contributed by atoms with Crippen LogP contribution in [0.1, 0.15) is 31.4 Å². The summed E-state index contributed by atoms with van der Waals surface area (Å²) in [5.41, 5.74) is 1.18. The Bertz CT molecular complexity index is 354. The zero-order valence-electron chi connectivity index (χ0n) is 9.99. The third-order valence-corrected chi connectivity index (χ3v) is 2.40. The Morgan fingerprint density at radius 1 is 1.50 bits per heavy atom. The van der Waals surface area contributed by atoms with Gasteiger partial charge in [-0.2, -0.15) is 0 Å². The molecule has 0 fully saturated rings. The lowest BCUT2D eigenvalue weighted by molar-refractivity contribution is 0.317. The molecule has 2 heteroatoms. The third kappa shape index (κ3) is 3.60. The highest BCUT2D eigenvalue weighted by Crippen LogP contribution is 2.21. The van der Waals surface area contributed by atoms with E-state index in [4.69, 9.17) is 11.2 Å². The maximum Gasteiger partial charge on any atom is 0.119 e. The quantitative estimate of drug-likeness (QED) is 0.740. The van der Waals surface area contributed by atoms with Gasteiger partial charge < -0.3 is 10.1 Å². The Hall–Kier alpha value is -1.46. The summed E-state index contributed by atoms with van der Waals surface area (Å²) < 4.78 is 5.59. The number of rotatable bonds is 6. The summed E-state index contributed by atoms with van der Waals surface area (Å²) in [6.07, 6.45) is 7.05. The number of hydrogen-bond acceptors (Lipinski definition) is 2. The lowest BCUT2D eigenvalue weighted by Crippen LogP contribution is -2.15. The smallest absolute Gasteiger partial charge is 0.119 e. The minimum absolute atomic E-state index is 0.204. The minimum Gasteiger partial charge on any atom is -0.494 e. The van der Waals surface area contributed by atoms with Gasteiger partial charge in [0.25, 0.3) is 0 Å². The second-order valence-electron chi connectivity index (χ2n) is 3.67. The molecule has 0 radical (unpaired) electrons. The largest absolute Gasteiger partial charge is 0.494 e. The first-order chi connectivity index (χ1) is 7.81. The summed E-state index contributed by atoms with van der Waals surface area (Å²) in [6, 6.07) is 8.30. The lowest BCUT2D eigenvalue weighted by atomic mass is 10.0. The number of ether oxygens (including phenoxy) is 1. The van der Waals surface area contributed by atoms with E-state index in [2.05, 4.69) is 24.2 Å². The highest BCUT2D eigenvalue weighted by molar-refractivity contribution is 5.31. The van der Waals surface area contributed by atoms with Crippen molar-refractivity contribution in [1.29, 1.82) is 0 Å². The highest BCUT2D eigenvalue weighted by Gasteiger charge is 2.08. The molecule has 0 aliphatic heterocycles. The average molecular weight is 217 g/mol. The summed E-state index contributed by atoms with van der Waals surface area (Å²) in [4.78, 5) is 0. The topological polar surface area (TPSA) is 21.3 Å². The van der Waals surface area contributed by atoms with Crippen LogP contribution in [-0.4, -0.2) is 13.7 Å². The average Bonchev–Trinajstić information content (AvgIpc) is 2.33. The molecule has 0 amide bonds. The number of benzene rings is 1. The first kappa shape index (κ1) is 12.6. The van der Waals surface area contributed by atoms with Crippen molar-refractivity contribution >= 4 is 0 Å². The van der Waals surface area contributed by atoms with Crippen LogP contribution >= 0.6 is 0 Å².